The van der Waals surface area contributed by atoms with Gasteiger partial charge in [0.25, 0.3) is 0 Å². The number of nitrogens with one attached hydrogen (secondary N) is 1. The van der Waals surface area contributed by atoms with Crippen molar-refractivity contribution in [3.63, 3.8) is 0 Å². The van der Waals surface area contributed by atoms with E-state index in [9.17, 15) is 15.3 Å². The molecule has 4 N–H and O–H groups in total. The Hall–Kier alpha value is -1.26. The lowest BCUT2D eigenvalue weighted by Gasteiger charge is -2.24. The fourth-order valence-corrected chi connectivity index (χ4v) is 1.58. The van der Waals surface area contributed by atoms with Gasteiger partial charge >= 0.3 is 0 Å². The van der Waals surface area contributed by atoms with Crippen LogP contribution in [0.1, 0.15) is 38.0 Å². The van der Waals surface area contributed by atoms with E-state index in [1.165, 1.54) is 6.07 Å². The molecule has 17 heavy (non-hydrogen) atoms. The van der Waals surface area contributed by atoms with Crippen molar-refractivity contribution in [2.45, 2.75) is 39.3 Å². The third kappa shape index (κ3) is 3.61. The van der Waals surface area contributed by atoms with Gasteiger partial charge in [-0.2, -0.15) is 0 Å². The van der Waals surface area contributed by atoms with E-state index in [0.29, 0.717) is 17.7 Å². The highest BCUT2D eigenvalue weighted by molar-refractivity contribution is 5.48. The molecule has 0 bridgehead atoms. The molecule has 4 nitrogen and oxygen atoms in total. The van der Waals surface area contributed by atoms with E-state index in [-0.39, 0.29) is 17.0 Å². The number of hydrogen-bond acceptors (Lipinski definition) is 4. The second-order valence-electron chi connectivity index (χ2n) is 5.29. The van der Waals surface area contributed by atoms with E-state index in [2.05, 4.69) is 5.32 Å². The maximum Gasteiger partial charge on any atom is 0.160 e. The van der Waals surface area contributed by atoms with Gasteiger partial charge in [0.2, 0.25) is 0 Å². The molecule has 0 radical (unpaired) electrons. The third-order valence-corrected chi connectivity index (χ3v) is 2.64. The maximum absolute atomic E-state index is 10.0. The van der Waals surface area contributed by atoms with E-state index in [1.807, 2.05) is 20.8 Å². The highest BCUT2D eigenvalue weighted by Crippen LogP contribution is 2.33. The molecular weight excluding hydrogens is 218 g/mol. The fourth-order valence-electron chi connectivity index (χ4n) is 1.58. The van der Waals surface area contributed by atoms with Gasteiger partial charge in [-0.25, -0.2) is 0 Å². The molecule has 0 heterocycles. The Morgan fingerprint density at radius 2 is 1.82 bits per heavy atom. The average Bonchev–Trinajstić information content (AvgIpc) is 2.22. The molecule has 1 aromatic rings. The molecule has 0 spiro atoms. The number of hydrogen-bond donors (Lipinski definition) is 4. The maximum atomic E-state index is 10.0. The topological polar surface area (TPSA) is 72.7 Å². The minimum atomic E-state index is -0.708. The molecule has 0 saturated heterocycles. The van der Waals surface area contributed by atoms with Crippen molar-refractivity contribution in [1.82, 2.24) is 5.32 Å². The molecule has 0 aliphatic carbocycles. The molecule has 0 fully saturated rings. The SMILES string of the molecule is Cc1c(C(O)CNC(C)(C)C)ccc(O)c1O. The molecule has 0 aromatic heterocycles. The highest BCUT2D eigenvalue weighted by Gasteiger charge is 2.17. The van der Waals surface area contributed by atoms with E-state index in [1.54, 1.807) is 13.0 Å². The summed E-state index contributed by atoms with van der Waals surface area (Å²) in [5.41, 5.74) is 1.05. The van der Waals surface area contributed by atoms with Crippen molar-refractivity contribution in [1.29, 1.82) is 0 Å². The first-order chi connectivity index (χ1) is 7.72. The monoisotopic (exact) mass is 239 g/mol. The fraction of sp³-hybridized carbons (Fsp3) is 0.538. The van der Waals surface area contributed by atoms with Gasteiger partial charge in [-0.3, -0.25) is 0 Å². The quantitative estimate of drug-likeness (QED) is 0.607. The number of aromatic hydroxyl groups is 2. The van der Waals surface area contributed by atoms with Crippen molar-refractivity contribution in [2.24, 2.45) is 0 Å². The second-order valence-corrected chi connectivity index (χ2v) is 5.29. The van der Waals surface area contributed by atoms with Gasteiger partial charge in [0.15, 0.2) is 11.5 Å². The number of benzene rings is 1. The minimum Gasteiger partial charge on any atom is -0.504 e. The average molecular weight is 239 g/mol. The number of rotatable bonds is 3. The summed E-state index contributed by atoms with van der Waals surface area (Å²) in [5.74, 6) is -0.334. The zero-order valence-corrected chi connectivity index (χ0v) is 10.8. The summed E-state index contributed by atoms with van der Waals surface area (Å²) in [7, 11) is 0. The third-order valence-electron chi connectivity index (χ3n) is 2.64. The Labute approximate surface area is 102 Å². The number of phenols is 2. The summed E-state index contributed by atoms with van der Waals surface area (Å²) < 4.78 is 0. The molecule has 1 aromatic carbocycles. The van der Waals surface area contributed by atoms with Gasteiger partial charge in [0, 0.05) is 17.6 Å². The minimum absolute atomic E-state index is 0.0755. The molecule has 96 valence electrons. The van der Waals surface area contributed by atoms with Crippen LogP contribution in [0, 0.1) is 6.92 Å². The van der Waals surface area contributed by atoms with Crippen molar-refractivity contribution in [3.8, 4) is 11.5 Å². The Morgan fingerprint density at radius 1 is 1.24 bits per heavy atom. The molecule has 0 saturated carbocycles. The van der Waals surface area contributed by atoms with Crippen molar-refractivity contribution in [3.05, 3.63) is 23.3 Å². The number of β-amino-alcohol motifs (C(OH)–C–C–N with tert-alkyl or cyclic N) is 1. The number of aliphatic hydroxyl groups is 1. The van der Waals surface area contributed by atoms with E-state index in [0.717, 1.165) is 0 Å². The van der Waals surface area contributed by atoms with Crippen LogP contribution in [0.25, 0.3) is 0 Å². The zero-order chi connectivity index (χ0) is 13.2. The zero-order valence-electron chi connectivity index (χ0n) is 10.8. The van der Waals surface area contributed by atoms with Crippen molar-refractivity contribution >= 4 is 0 Å². The van der Waals surface area contributed by atoms with Crippen LogP contribution in [0.3, 0.4) is 0 Å². The Bertz CT molecular complexity index is 396. The normalized spacial score (nSPS) is 13.7. The van der Waals surface area contributed by atoms with Crippen LogP contribution in [0.5, 0.6) is 11.5 Å². The van der Waals surface area contributed by atoms with Crippen LogP contribution < -0.4 is 5.32 Å². The van der Waals surface area contributed by atoms with Crippen LogP contribution in [0.15, 0.2) is 12.1 Å². The first-order valence-corrected chi connectivity index (χ1v) is 5.67. The first kappa shape index (κ1) is 13.8. The Morgan fingerprint density at radius 3 is 2.35 bits per heavy atom. The molecule has 1 rings (SSSR count). The van der Waals surface area contributed by atoms with Gasteiger partial charge < -0.3 is 20.6 Å². The summed E-state index contributed by atoms with van der Waals surface area (Å²) in [6.45, 7) is 8.11. The van der Waals surface area contributed by atoms with Crippen LogP contribution >= 0.6 is 0 Å². The predicted octanol–water partition coefficient (Wildman–Crippen LogP) is 1.83. The molecular formula is C13H21NO3. The summed E-state index contributed by atoms with van der Waals surface area (Å²) in [5, 5.41) is 32.1. The van der Waals surface area contributed by atoms with Crippen LogP contribution in [0.2, 0.25) is 0 Å². The van der Waals surface area contributed by atoms with Gasteiger partial charge in [-0.15, -0.1) is 0 Å². The van der Waals surface area contributed by atoms with E-state index in [4.69, 9.17) is 0 Å². The molecule has 1 atom stereocenters. The molecule has 1 unspecified atom stereocenters. The highest BCUT2D eigenvalue weighted by atomic mass is 16.3. The lowest BCUT2D eigenvalue weighted by atomic mass is 10.0. The van der Waals surface area contributed by atoms with Crippen molar-refractivity contribution < 1.29 is 15.3 Å². The number of aliphatic hydroxyl groups excluding tert-OH is 1. The largest absolute Gasteiger partial charge is 0.504 e. The summed E-state index contributed by atoms with van der Waals surface area (Å²) >= 11 is 0. The first-order valence-electron chi connectivity index (χ1n) is 5.67. The van der Waals surface area contributed by atoms with Gasteiger partial charge in [0.1, 0.15) is 0 Å². The van der Waals surface area contributed by atoms with Gasteiger partial charge in [0.05, 0.1) is 6.10 Å². The predicted molar refractivity (Wildman–Crippen MR) is 67.2 cm³/mol. The summed E-state index contributed by atoms with van der Waals surface area (Å²) in [6.07, 6.45) is -0.708. The molecule has 0 aliphatic heterocycles. The standard InChI is InChI=1S/C13H21NO3/c1-8-9(5-6-10(15)12(8)17)11(16)7-14-13(2,3)4/h5-6,11,14-17H,7H2,1-4H3. The van der Waals surface area contributed by atoms with Crippen LogP contribution in [0.4, 0.5) is 0 Å². The Kier molecular flexibility index (Phi) is 4.01. The van der Waals surface area contributed by atoms with E-state index < -0.39 is 6.10 Å². The Balaban J connectivity index is 2.83. The summed E-state index contributed by atoms with van der Waals surface area (Å²) in [6, 6.07) is 3.01. The summed E-state index contributed by atoms with van der Waals surface area (Å²) in [4.78, 5) is 0. The lowest BCUT2D eigenvalue weighted by Crippen LogP contribution is -2.38. The smallest absolute Gasteiger partial charge is 0.160 e. The number of phenolic OH excluding ortho intramolecular Hbond substituents is 2. The second kappa shape index (κ2) is 4.94. The van der Waals surface area contributed by atoms with Gasteiger partial charge in [-0.05, 0) is 39.3 Å². The van der Waals surface area contributed by atoms with Crippen LogP contribution in [-0.4, -0.2) is 27.4 Å². The van der Waals surface area contributed by atoms with E-state index >= 15 is 0 Å². The van der Waals surface area contributed by atoms with Gasteiger partial charge in [-0.1, -0.05) is 6.07 Å². The molecule has 0 aliphatic rings. The lowest BCUT2D eigenvalue weighted by molar-refractivity contribution is 0.162. The molecule has 4 heteroatoms. The van der Waals surface area contributed by atoms with Crippen molar-refractivity contribution in [2.75, 3.05) is 6.54 Å². The van der Waals surface area contributed by atoms with Crippen LogP contribution in [-0.2, 0) is 0 Å². The molecule has 0 amide bonds.